The van der Waals surface area contributed by atoms with Gasteiger partial charge in [-0.05, 0) is 36.2 Å². The molecule has 0 saturated heterocycles. The molecular weight excluding hydrogens is 357 g/mol. The number of benzene rings is 2. The van der Waals surface area contributed by atoms with Crippen LogP contribution in [0, 0.1) is 0 Å². The SMILES string of the molecule is O=C(NCCCn1cnc2ccccc21)NCc1cccc(C(F)(F)F)c1. The van der Waals surface area contributed by atoms with E-state index in [1.54, 1.807) is 12.4 Å². The van der Waals surface area contributed by atoms with Crippen LogP contribution >= 0.6 is 0 Å². The third-order valence-corrected chi connectivity index (χ3v) is 4.10. The van der Waals surface area contributed by atoms with E-state index in [0.29, 0.717) is 25.1 Å². The van der Waals surface area contributed by atoms with Gasteiger partial charge in [-0.15, -0.1) is 0 Å². The summed E-state index contributed by atoms with van der Waals surface area (Å²) < 4.78 is 40.1. The van der Waals surface area contributed by atoms with E-state index in [9.17, 15) is 18.0 Å². The van der Waals surface area contributed by atoms with Gasteiger partial charge in [-0.3, -0.25) is 0 Å². The van der Waals surface area contributed by atoms with Crippen LogP contribution in [0.1, 0.15) is 17.5 Å². The Balaban J connectivity index is 1.41. The number of halogens is 3. The van der Waals surface area contributed by atoms with Crippen LogP contribution in [-0.2, 0) is 19.3 Å². The number of aryl methyl sites for hydroxylation is 1. The fourth-order valence-corrected chi connectivity index (χ4v) is 2.74. The zero-order valence-corrected chi connectivity index (χ0v) is 14.5. The second kappa shape index (κ2) is 8.11. The molecule has 0 fully saturated rings. The van der Waals surface area contributed by atoms with Gasteiger partial charge in [-0.25, -0.2) is 9.78 Å². The predicted octanol–water partition coefficient (Wildman–Crippen LogP) is 3.94. The summed E-state index contributed by atoms with van der Waals surface area (Å²) in [6, 6.07) is 12.3. The number of carbonyl (C=O) groups is 1. The number of para-hydroxylation sites is 2. The first-order valence-corrected chi connectivity index (χ1v) is 8.51. The average Bonchev–Trinajstić information content (AvgIpc) is 3.06. The van der Waals surface area contributed by atoms with E-state index in [1.165, 1.54) is 6.07 Å². The maximum Gasteiger partial charge on any atom is 0.416 e. The third kappa shape index (κ3) is 4.99. The van der Waals surface area contributed by atoms with E-state index in [-0.39, 0.29) is 6.54 Å². The molecule has 3 rings (SSSR count). The van der Waals surface area contributed by atoms with Crippen molar-refractivity contribution in [3.05, 3.63) is 66.0 Å². The van der Waals surface area contributed by atoms with Crippen molar-refractivity contribution < 1.29 is 18.0 Å². The van der Waals surface area contributed by atoms with Gasteiger partial charge in [0.1, 0.15) is 0 Å². The van der Waals surface area contributed by atoms with Gasteiger partial charge in [0.15, 0.2) is 0 Å². The quantitative estimate of drug-likeness (QED) is 0.640. The molecule has 0 radical (unpaired) electrons. The molecular formula is C19H19F3N4O. The molecule has 1 heterocycles. The van der Waals surface area contributed by atoms with Crippen LogP contribution in [0.3, 0.4) is 0 Å². The number of amides is 2. The summed E-state index contributed by atoms with van der Waals surface area (Å²) in [6.07, 6.45) is -1.93. The molecule has 2 N–H and O–H groups in total. The van der Waals surface area contributed by atoms with Crippen molar-refractivity contribution in [2.24, 2.45) is 0 Å². The molecule has 8 heteroatoms. The van der Waals surface area contributed by atoms with E-state index < -0.39 is 17.8 Å². The number of nitrogens with one attached hydrogen (secondary N) is 2. The molecule has 5 nitrogen and oxygen atoms in total. The Morgan fingerprint density at radius 3 is 2.70 bits per heavy atom. The minimum atomic E-state index is -4.39. The topological polar surface area (TPSA) is 59.0 Å². The maximum absolute atomic E-state index is 12.7. The maximum atomic E-state index is 12.7. The summed E-state index contributed by atoms with van der Waals surface area (Å²) in [6.45, 7) is 1.18. The Morgan fingerprint density at radius 2 is 1.89 bits per heavy atom. The molecule has 2 aromatic carbocycles. The molecule has 0 aliphatic carbocycles. The zero-order valence-electron chi connectivity index (χ0n) is 14.5. The fourth-order valence-electron chi connectivity index (χ4n) is 2.74. The second-order valence-electron chi connectivity index (χ2n) is 6.09. The summed E-state index contributed by atoms with van der Waals surface area (Å²) in [5, 5.41) is 5.27. The van der Waals surface area contributed by atoms with Crippen LogP contribution in [-0.4, -0.2) is 22.1 Å². The highest BCUT2D eigenvalue weighted by Gasteiger charge is 2.30. The molecule has 0 aliphatic heterocycles. The van der Waals surface area contributed by atoms with Crippen molar-refractivity contribution >= 4 is 17.1 Å². The molecule has 0 bridgehead atoms. The van der Waals surface area contributed by atoms with Crippen molar-refractivity contribution in [1.29, 1.82) is 0 Å². The Bertz CT molecular complexity index is 920. The van der Waals surface area contributed by atoms with E-state index in [4.69, 9.17) is 0 Å². The number of alkyl halides is 3. The molecule has 0 saturated carbocycles. The zero-order chi connectivity index (χ0) is 19.3. The van der Waals surface area contributed by atoms with Crippen LogP contribution in [0.2, 0.25) is 0 Å². The lowest BCUT2D eigenvalue weighted by Gasteiger charge is -2.10. The monoisotopic (exact) mass is 376 g/mol. The highest BCUT2D eigenvalue weighted by Crippen LogP contribution is 2.29. The molecule has 142 valence electrons. The van der Waals surface area contributed by atoms with E-state index in [2.05, 4.69) is 15.6 Å². The number of hydrogen-bond acceptors (Lipinski definition) is 2. The normalized spacial score (nSPS) is 11.5. The summed E-state index contributed by atoms with van der Waals surface area (Å²) in [4.78, 5) is 16.1. The fraction of sp³-hybridized carbons (Fsp3) is 0.263. The van der Waals surface area contributed by atoms with Crippen LogP contribution < -0.4 is 10.6 Å². The molecule has 0 atom stereocenters. The number of rotatable bonds is 6. The number of urea groups is 1. The third-order valence-electron chi connectivity index (χ3n) is 4.10. The predicted molar refractivity (Wildman–Crippen MR) is 96.0 cm³/mol. The number of hydrogen-bond donors (Lipinski definition) is 2. The van der Waals surface area contributed by atoms with E-state index >= 15 is 0 Å². The lowest BCUT2D eigenvalue weighted by atomic mass is 10.1. The summed E-state index contributed by atoms with van der Waals surface area (Å²) in [5.41, 5.74) is 1.62. The second-order valence-corrected chi connectivity index (χ2v) is 6.09. The molecule has 0 spiro atoms. The molecule has 2 amide bonds. The first-order valence-electron chi connectivity index (χ1n) is 8.51. The van der Waals surface area contributed by atoms with Crippen molar-refractivity contribution in [1.82, 2.24) is 20.2 Å². The minimum absolute atomic E-state index is 0.0297. The van der Waals surface area contributed by atoms with Crippen molar-refractivity contribution in [2.75, 3.05) is 6.54 Å². The van der Waals surface area contributed by atoms with Gasteiger partial charge in [0.2, 0.25) is 0 Å². The molecule has 27 heavy (non-hydrogen) atoms. The van der Waals surface area contributed by atoms with E-state index in [1.807, 2.05) is 28.8 Å². The number of carbonyl (C=O) groups excluding carboxylic acids is 1. The molecule has 3 aromatic rings. The highest BCUT2D eigenvalue weighted by molar-refractivity contribution is 5.75. The van der Waals surface area contributed by atoms with Crippen molar-refractivity contribution in [3.8, 4) is 0 Å². The summed E-state index contributed by atoms with van der Waals surface area (Å²) >= 11 is 0. The lowest BCUT2D eigenvalue weighted by molar-refractivity contribution is -0.137. The molecule has 0 aliphatic rings. The van der Waals surface area contributed by atoms with Crippen LogP contribution in [0.15, 0.2) is 54.9 Å². The van der Waals surface area contributed by atoms with Gasteiger partial charge < -0.3 is 15.2 Å². The van der Waals surface area contributed by atoms with Gasteiger partial charge in [0, 0.05) is 19.6 Å². The van der Waals surface area contributed by atoms with Crippen molar-refractivity contribution in [2.45, 2.75) is 25.7 Å². The average molecular weight is 376 g/mol. The Labute approximate surface area is 154 Å². The number of nitrogens with zero attached hydrogens (tertiary/aromatic N) is 2. The largest absolute Gasteiger partial charge is 0.416 e. The smallest absolute Gasteiger partial charge is 0.338 e. The van der Waals surface area contributed by atoms with Gasteiger partial charge >= 0.3 is 12.2 Å². The van der Waals surface area contributed by atoms with Gasteiger partial charge in [-0.1, -0.05) is 24.3 Å². The molecule has 0 unspecified atom stereocenters. The summed E-state index contributed by atoms with van der Waals surface area (Å²) in [5.74, 6) is 0. The Kier molecular flexibility index (Phi) is 5.63. The van der Waals surface area contributed by atoms with Crippen molar-refractivity contribution in [3.63, 3.8) is 0 Å². The van der Waals surface area contributed by atoms with E-state index in [0.717, 1.165) is 23.2 Å². The Morgan fingerprint density at radius 1 is 1.07 bits per heavy atom. The minimum Gasteiger partial charge on any atom is -0.338 e. The van der Waals surface area contributed by atoms with Gasteiger partial charge in [-0.2, -0.15) is 13.2 Å². The lowest BCUT2D eigenvalue weighted by Crippen LogP contribution is -2.35. The van der Waals surface area contributed by atoms with Crippen LogP contribution in [0.25, 0.3) is 11.0 Å². The molecule has 1 aromatic heterocycles. The number of imidazole rings is 1. The number of fused-ring (bicyclic) bond motifs is 1. The van der Waals surface area contributed by atoms with Gasteiger partial charge in [0.05, 0.1) is 22.9 Å². The standard InChI is InChI=1S/C19H19F3N4O/c20-19(21,22)15-6-3-5-14(11-15)12-24-18(27)23-9-4-10-26-13-25-16-7-1-2-8-17(16)26/h1-3,5-8,11,13H,4,9-10,12H2,(H2,23,24,27). The highest BCUT2D eigenvalue weighted by atomic mass is 19.4. The first-order chi connectivity index (χ1) is 12.9. The van der Waals surface area contributed by atoms with Crippen LogP contribution in [0.4, 0.5) is 18.0 Å². The van der Waals surface area contributed by atoms with Crippen LogP contribution in [0.5, 0.6) is 0 Å². The summed E-state index contributed by atoms with van der Waals surface area (Å²) in [7, 11) is 0. The Hall–Kier alpha value is -3.03. The van der Waals surface area contributed by atoms with Gasteiger partial charge in [0.25, 0.3) is 0 Å². The number of aromatic nitrogens is 2. The first kappa shape index (κ1) is 18.8.